The van der Waals surface area contributed by atoms with Crippen LogP contribution in [0.1, 0.15) is 0 Å². The van der Waals surface area contributed by atoms with Crippen molar-refractivity contribution in [3.05, 3.63) is 59.1 Å². The number of aromatic nitrogens is 3. The number of hydrogen-bond donors (Lipinski definition) is 2. The zero-order valence-corrected chi connectivity index (χ0v) is 11.8. The minimum Gasteiger partial charge on any atom is -0.496 e. The van der Waals surface area contributed by atoms with Crippen LogP contribution in [0.5, 0.6) is 5.75 Å². The Morgan fingerprint density at radius 3 is 2.73 bits per heavy atom. The van der Waals surface area contributed by atoms with Gasteiger partial charge in [0.25, 0.3) is 5.56 Å². The summed E-state index contributed by atoms with van der Waals surface area (Å²) < 4.78 is 5.31. The number of H-pyrrole nitrogens is 2. The van der Waals surface area contributed by atoms with E-state index in [1.807, 2.05) is 24.3 Å². The first kappa shape index (κ1) is 13.7. The van der Waals surface area contributed by atoms with Crippen molar-refractivity contribution in [1.29, 1.82) is 0 Å². The topological polar surface area (TPSA) is 95.5 Å². The van der Waals surface area contributed by atoms with E-state index >= 15 is 0 Å². The van der Waals surface area contributed by atoms with Crippen molar-refractivity contribution in [2.45, 2.75) is 0 Å². The van der Waals surface area contributed by atoms with Crippen molar-refractivity contribution in [3.8, 4) is 17.0 Å². The Morgan fingerprint density at radius 2 is 1.95 bits per heavy atom. The number of benzene rings is 1. The van der Waals surface area contributed by atoms with Crippen LogP contribution in [0.2, 0.25) is 0 Å². The second-order valence-corrected chi connectivity index (χ2v) is 4.41. The average Bonchev–Trinajstić information content (AvgIpc) is 2.94. The molecule has 7 heteroatoms. The Bertz CT molecular complexity index is 852. The van der Waals surface area contributed by atoms with E-state index in [-0.39, 0.29) is 11.2 Å². The molecule has 0 bridgehead atoms. The highest BCUT2D eigenvalue weighted by Gasteiger charge is 2.15. The van der Waals surface area contributed by atoms with E-state index in [1.54, 1.807) is 31.6 Å². The molecule has 0 aliphatic rings. The highest BCUT2D eigenvalue weighted by Crippen LogP contribution is 2.33. The third-order valence-electron chi connectivity index (χ3n) is 3.04. The molecule has 0 spiro atoms. The van der Waals surface area contributed by atoms with Gasteiger partial charge in [-0.2, -0.15) is 0 Å². The number of azo groups is 1. The molecule has 0 unspecified atom stereocenters. The van der Waals surface area contributed by atoms with Gasteiger partial charge in [-0.25, -0.2) is 0 Å². The van der Waals surface area contributed by atoms with Gasteiger partial charge in [-0.05, 0) is 24.3 Å². The second kappa shape index (κ2) is 6.04. The zero-order valence-electron chi connectivity index (χ0n) is 11.8. The number of ether oxygens (including phenoxy) is 1. The van der Waals surface area contributed by atoms with Crippen LogP contribution < -0.4 is 10.3 Å². The fourth-order valence-corrected chi connectivity index (χ4v) is 2.01. The van der Waals surface area contributed by atoms with Crippen LogP contribution in [0, 0.1) is 0 Å². The highest BCUT2D eigenvalue weighted by molar-refractivity contribution is 5.76. The van der Waals surface area contributed by atoms with Crippen molar-refractivity contribution >= 4 is 11.4 Å². The van der Waals surface area contributed by atoms with E-state index in [0.29, 0.717) is 17.1 Å². The lowest BCUT2D eigenvalue weighted by molar-refractivity contribution is 0.416. The molecule has 110 valence electrons. The number of aromatic amines is 2. The van der Waals surface area contributed by atoms with E-state index in [9.17, 15) is 4.79 Å². The number of hydrogen-bond acceptors (Lipinski definition) is 5. The third-order valence-corrected chi connectivity index (χ3v) is 3.04. The van der Waals surface area contributed by atoms with Crippen LogP contribution in [0.3, 0.4) is 0 Å². The molecule has 0 amide bonds. The number of pyridine rings is 1. The lowest BCUT2D eigenvalue weighted by atomic mass is 10.1. The minimum absolute atomic E-state index is 0.188. The fraction of sp³-hybridized carbons (Fsp3) is 0.0667. The van der Waals surface area contributed by atoms with Gasteiger partial charge in [-0.1, -0.05) is 12.1 Å². The van der Waals surface area contributed by atoms with Gasteiger partial charge in [0, 0.05) is 11.8 Å². The first-order valence-corrected chi connectivity index (χ1v) is 6.55. The Morgan fingerprint density at radius 1 is 1.09 bits per heavy atom. The molecule has 0 aliphatic heterocycles. The van der Waals surface area contributed by atoms with Crippen molar-refractivity contribution in [2.24, 2.45) is 10.2 Å². The largest absolute Gasteiger partial charge is 0.496 e. The van der Waals surface area contributed by atoms with Crippen LogP contribution in [-0.4, -0.2) is 22.3 Å². The van der Waals surface area contributed by atoms with Gasteiger partial charge in [0.15, 0.2) is 5.69 Å². The van der Waals surface area contributed by atoms with Crippen LogP contribution in [0.25, 0.3) is 11.3 Å². The van der Waals surface area contributed by atoms with Crippen LogP contribution in [0.4, 0.5) is 11.4 Å². The maximum Gasteiger partial charge on any atom is 0.292 e. The number of methoxy groups -OCH3 is 1. The summed E-state index contributed by atoms with van der Waals surface area (Å²) in [5, 5.41) is 13.4. The minimum atomic E-state index is -0.353. The summed E-state index contributed by atoms with van der Waals surface area (Å²) in [7, 11) is 1.57. The van der Waals surface area contributed by atoms with Crippen molar-refractivity contribution in [1.82, 2.24) is 15.2 Å². The number of nitrogens with one attached hydrogen (secondary N) is 2. The van der Waals surface area contributed by atoms with Gasteiger partial charge >= 0.3 is 0 Å². The lowest BCUT2D eigenvalue weighted by Crippen LogP contribution is -1.96. The monoisotopic (exact) mass is 295 g/mol. The number of rotatable bonds is 4. The Balaban J connectivity index is 2.05. The molecule has 0 aliphatic carbocycles. The van der Waals surface area contributed by atoms with E-state index in [1.165, 1.54) is 0 Å². The summed E-state index contributed by atoms with van der Waals surface area (Å²) in [6, 6.07) is 10.8. The van der Waals surface area contributed by atoms with Crippen LogP contribution in [0.15, 0.2) is 63.8 Å². The van der Waals surface area contributed by atoms with Gasteiger partial charge in [-0.15, -0.1) is 10.2 Å². The van der Waals surface area contributed by atoms with Gasteiger partial charge in [0.2, 0.25) is 0 Å². The molecule has 2 aromatic heterocycles. The summed E-state index contributed by atoms with van der Waals surface area (Å²) in [5.41, 5.74) is 1.65. The number of nitrogens with zero attached hydrogens (tertiary/aromatic N) is 3. The van der Waals surface area contributed by atoms with Crippen LogP contribution >= 0.6 is 0 Å². The maximum atomic E-state index is 11.9. The summed E-state index contributed by atoms with van der Waals surface area (Å²) in [6.45, 7) is 0. The molecular formula is C15H13N5O2. The quantitative estimate of drug-likeness (QED) is 0.723. The smallest absolute Gasteiger partial charge is 0.292 e. The van der Waals surface area contributed by atoms with Crippen molar-refractivity contribution in [2.75, 3.05) is 7.11 Å². The predicted octanol–water partition coefficient (Wildman–Crippen LogP) is 3.19. The molecular weight excluding hydrogens is 282 g/mol. The average molecular weight is 295 g/mol. The third kappa shape index (κ3) is 2.64. The SMILES string of the molecule is COc1ccccc1-c1[nH][nH]c(=O)c1N=Nc1cccnc1. The molecule has 3 rings (SSSR count). The van der Waals surface area contributed by atoms with Crippen molar-refractivity contribution in [3.63, 3.8) is 0 Å². The molecule has 2 N–H and O–H groups in total. The molecule has 0 fully saturated rings. The van der Waals surface area contributed by atoms with Gasteiger partial charge in [-0.3, -0.25) is 20.0 Å². The van der Waals surface area contributed by atoms with Gasteiger partial charge < -0.3 is 4.74 Å². The Kier molecular flexibility index (Phi) is 3.78. The molecule has 0 radical (unpaired) electrons. The van der Waals surface area contributed by atoms with E-state index in [2.05, 4.69) is 25.4 Å². The molecule has 2 heterocycles. The van der Waals surface area contributed by atoms with E-state index in [4.69, 9.17) is 4.74 Å². The van der Waals surface area contributed by atoms with Crippen LogP contribution in [-0.2, 0) is 0 Å². The Labute approximate surface area is 125 Å². The summed E-state index contributed by atoms with van der Waals surface area (Å²) in [5.74, 6) is 0.635. The molecule has 1 aromatic carbocycles. The number of para-hydroxylation sites is 1. The standard InChI is InChI=1S/C15H13N5O2/c1-22-12-7-3-2-6-11(12)13-14(15(21)20-18-13)19-17-10-5-4-8-16-9-10/h2-9H,1H3,(H2,18,20,21). The second-order valence-electron chi connectivity index (χ2n) is 4.41. The molecule has 7 nitrogen and oxygen atoms in total. The Hall–Kier alpha value is -3.22. The summed E-state index contributed by atoms with van der Waals surface area (Å²) in [4.78, 5) is 15.9. The molecule has 0 saturated heterocycles. The first-order chi connectivity index (χ1) is 10.8. The molecule has 0 saturated carbocycles. The first-order valence-electron chi connectivity index (χ1n) is 6.55. The highest BCUT2D eigenvalue weighted by atomic mass is 16.5. The molecule has 22 heavy (non-hydrogen) atoms. The predicted molar refractivity (Wildman–Crippen MR) is 81.8 cm³/mol. The molecule has 0 atom stereocenters. The summed E-state index contributed by atoms with van der Waals surface area (Å²) in [6.07, 6.45) is 3.20. The lowest BCUT2D eigenvalue weighted by Gasteiger charge is -2.06. The maximum absolute atomic E-state index is 11.9. The normalized spacial score (nSPS) is 11.0. The fourth-order valence-electron chi connectivity index (χ4n) is 2.01. The van der Waals surface area contributed by atoms with Gasteiger partial charge in [0.1, 0.15) is 11.4 Å². The van der Waals surface area contributed by atoms with E-state index < -0.39 is 0 Å². The van der Waals surface area contributed by atoms with Crippen molar-refractivity contribution < 1.29 is 4.74 Å². The molecule has 3 aromatic rings. The summed E-state index contributed by atoms with van der Waals surface area (Å²) >= 11 is 0. The zero-order chi connectivity index (χ0) is 15.4. The van der Waals surface area contributed by atoms with E-state index in [0.717, 1.165) is 5.56 Å². The van der Waals surface area contributed by atoms with Gasteiger partial charge in [0.05, 0.1) is 19.0 Å².